The van der Waals surface area contributed by atoms with Crippen molar-refractivity contribution in [1.82, 2.24) is 9.97 Å². The molecular weight excluding hydrogens is 342 g/mol. The van der Waals surface area contributed by atoms with E-state index in [2.05, 4.69) is 30.8 Å². The number of carbonyl (C=O) groups is 1. The summed E-state index contributed by atoms with van der Waals surface area (Å²) in [4.78, 5) is 18.0. The van der Waals surface area contributed by atoms with Gasteiger partial charge < -0.3 is 10.6 Å². The van der Waals surface area contributed by atoms with Crippen molar-refractivity contribution < 1.29 is 13.6 Å². The Morgan fingerprint density at radius 2 is 1.85 bits per heavy atom. The van der Waals surface area contributed by atoms with Crippen LogP contribution in [0.1, 0.15) is 19.3 Å². The lowest BCUT2D eigenvalue weighted by molar-refractivity contribution is -0.114. The van der Waals surface area contributed by atoms with Crippen LogP contribution in [0, 0.1) is 12.0 Å². The van der Waals surface area contributed by atoms with E-state index in [4.69, 9.17) is 0 Å². The lowest BCUT2D eigenvalue weighted by Crippen LogP contribution is -2.14. The zero-order valence-electron chi connectivity index (χ0n) is 14.2. The summed E-state index contributed by atoms with van der Waals surface area (Å²) in [6, 6.07) is 10.2. The van der Waals surface area contributed by atoms with Gasteiger partial charge in [-0.3, -0.25) is 4.79 Å². The summed E-state index contributed by atoms with van der Waals surface area (Å²) in [6.07, 6.45) is 1.36. The molecule has 2 rings (SSSR count). The highest BCUT2D eigenvalue weighted by molar-refractivity contribution is 5.92. The number of benzene rings is 1. The van der Waals surface area contributed by atoms with E-state index < -0.39 is 12.0 Å². The van der Waals surface area contributed by atoms with Gasteiger partial charge in [0.15, 0.2) is 0 Å². The Kier molecular flexibility index (Phi) is 8.04. The molecule has 0 saturated heterocycles. The number of nitrogens with zero attached hydrogens (tertiary/aromatic N) is 4. The van der Waals surface area contributed by atoms with Crippen LogP contribution in [0.25, 0.3) is 0 Å². The van der Waals surface area contributed by atoms with Gasteiger partial charge in [0.25, 0.3) is 0 Å². The Hall–Kier alpha value is -2.97. The zero-order chi connectivity index (χ0) is 18.6. The maximum atomic E-state index is 12.9. The van der Waals surface area contributed by atoms with Crippen LogP contribution < -0.4 is 10.6 Å². The van der Waals surface area contributed by atoms with Gasteiger partial charge in [0, 0.05) is 18.3 Å². The largest absolute Gasteiger partial charge is 0.370 e. The third-order valence-corrected chi connectivity index (χ3v) is 3.28. The van der Waals surface area contributed by atoms with E-state index in [1.165, 1.54) is 0 Å². The summed E-state index contributed by atoms with van der Waals surface area (Å²) in [5.74, 6) is -0.996. The van der Waals surface area contributed by atoms with Crippen molar-refractivity contribution >= 4 is 17.4 Å². The van der Waals surface area contributed by atoms with Crippen LogP contribution in [0.3, 0.4) is 0 Å². The van der Waals surface area contributed by atoms with Crippen molar-refractivity contribution in [1.29, 1.82) is 0 Å². The van der Waals surface area contributed by atoms with Crippen molar-refractivity contribution in [2.24, 2.45) is 10.2 Å². The molecule has 0 radical (unpaired) electrons. The molecule has 1 aromatic heterocycles. The second-order valence-electron chi connectivity index (χ2n) is 5.41. The molecule has 138 valence electrons. The highest BCUT2D eigenvalue weighted by atomic mass is 19.1. The monoisotopic (exact) mass is 362 g/mol. The van der Waals surface area contributed by atoms with Crippen molar-refractivity contribution in [2.45, 2.75) is 19.3 Å². The molecule has 2 N–H and O–H groups in total. The number of unbranched alkanes of at least 4 members (excludes halogenated alkanes) is 2. The van der Waals surface area contributed by atoms with Crippen molar-refractivity contribution in [2.75, 3.05) is 30.3 Å². The smallest absolute Gasteiger partial charge is 0.313 e. The SMILES string of the molecule is O=C(CN=NCCCCCNc1cc(F)nc(F)n1)Nc1ccccc1. The minimum Gasteiger partial charge on any atom is -0.370 e. The number of carbonyl (C=O) groups excluding carboxylic acids is 1. The van der Waals surface area contributed by atoms with Gasteiger partial charge in [0.1, 0.15) is 12.4 Å². The van der Waals surface area contributed by atoms with Crippen molar-refractivity contribution in [3.8, 4) is 0 Å². The number of aromatic nitrogens is 2. The second-order valence-corrected chi connectivity index (χ2v) is 5.41. The Labute approximate surface area is 150 Å². The molecule has 0 spiro atoms. The molecule has 7 nitrogen and oxygen atoms in total. The van der Waals surface area contributed by atoms with Crippen LogP contribution in [0.2, 0.25) is 0 Å². The molecule has 9 heteroatoms. The molecule has 0 fully saturated rings. The first-order valence-electron chi connectivity index (χ1n) is 8.25. The summed E-state index contributed by atoms with van der Waals surface area (Å²) in [5, 5.41) is 13.4. The molecular formula is C17H20F2N6O. The molecule has 0 aliphatic heterocycles. The maximum Gasteiger partial charge on any atom is 0.313 e. The number of anilines is 2. The number of rotatable bonds is 10. The van der Waals surface area contributed by atoms with Crippen LogP contribution in [-0.2, 0) is 4.79 Å². The van der Waals surface area contributed by atoms with Crippen LogP contribution in [0.4, 0.5) is 20.3 Å². The van der Waals surface area contributed by atoms with Crippen molar-refractivity contribution in [3.05, 3.63) is 48.4 Å². The van der Waals surface area contributed by atoms with E-state index >= 15 is 0 Å². The number of nitrogens with one attached hydrogen (secondary N) is 2. The van der Waals surface area contributed by atoms with Gasteiger partial charge in [0.05, 0.1) is 6.54 Å². The number of azo groups is 1. The van der Waals surface area contributed by atoms with Crippen LogP contribution in [0.5, 0.6) is 0 Å². The van der Waals surface area contributed by atoms with Crippen LogP contribution in [-0.4, -0.2) is 35.5 Å². The van der Waals surface area contributed by atoms with Gasteiger partial charge in [-0.25, -0.2) is 0 Å². The highest BCUT2D eigenvalue weighted by Crippen LogP contribution is 2.06. The number of hydrogen-bond donors (Lipinski definition) is 2. The summed E-state index contributed by atoms with van der Waals surface area (Å²) in [6.45, 7) is 1.04. The molecule has 1 amide bonds. The Morgan fingerprint density at radius 1 is 1.04 bits per heavy atom. The van der Waals surface area contributed by atoms with Gasteiger partial charge in [0.2, 0.25) is 11.9 Å². The first-order chi connectivity index (χ1) is 12.6. The van der Waals surface area contributed by atoms with Gasteiger partial charge >= 0.3 is 6.08 Å². The Balaban J connectivity index is 1.51. The fraction of sp³-hybridized carbons (Fsp3) is 0.353. The lowest BCUT2D eigenvalue weighted by atomic mass is 10.2. The normalized spacial score (nSPS) is 10.8. The van der Waals surface area contributed by atoms with E-state index in [1.54, 1.807) is 12.1 Å². The van der Waals surface area contributed by atoms with Gasteiger partial charge in [-0.15, -0.1) is 0 Å². The predicted molar refractivity (Wildman–Crippen MR) is 94.0 cm³/mol. The molecule has 1 heterocycles. The van der Waals surface area contributed by atoms with E-state index in [9.17, 15) is 13.6 Å². The lowest BCUT2D eigenvalue weighted by Gasteiger charge is -2.04. The number of para-hydroxylation sites is 1. The first-order valence-corrected chi connectivity index (χ1v) is 8.25. The zero-order valence-corrected chi connectivity index (χ0v) is 14.2. The quantitative estimate of drug-likeness (QED) is 0.293. The summed E-state index contributed by atoms with van der Waals surface area (Å²) in [5.41, 5.74) is 0.726. The minimum absolute atomic E-state index is 0.0126. The van der Waals surface area contributed by atoms with Crippen LogP contribution in [0.15, 0.2) is 46.6 Å². The van der Waals surface area contributed by atoms with E-state index in [0.717, 1.165) is 31.0 Å². The van der Waals surface area contributed by atoms with Crippen molar-refractivity contribution in [3.63, 3.8) is 0 Å². The number of hydrogen-bond acceptors (Lipinski definition) is 6. The standard InChI is InChI=1S/C17H20F2N6O/c18-14-11-15(25-17(19)24-14)20-9-5-2-6-10-21-22-12-16(26)23-13-7-3-1-4-8-13/h1,3-4,7-8,11H,2,5-6,9-10,12H2,(H,23,26)(H,20,24,25). The molecule has 0 aliphatic carbocycles. The average molecular weight is 362 g/mol. The molecule has 26 heavy (non-hydrogen) atoms. The highest BCUT2D eigenvalue weighted by Gasteiger charge is 2.02. The fourth-order valence-corrected chi connectivity index (χ4v) is 2.09. The van der Waals surface area contributed by atoms with Gasteiger partial charge in [-0.05, 0) is 31.4 Å². The summed E-state index contributed by atoms with van der Waals surface area (Å²) < 4.78 is 25.7. The third-order valence-electron chi connectivity index (χ3n) is 3.28. The number of halogens is 2. The van der Waals surface area contributed by atoms with Gasteiger partial charge in [-0.1, -0.05) is 18.2 Å². The topological polar surface area (TPSA) is 91.6 Å². The first kappa shape index (κ1) is 19.4. The molecule has 0 bridgehead atoms. The van der Waals surface area contributed by atoms with E-state index in [0.29, 0.717) is 13.1 Å². The molecule has 0 atom stereocenters. The molecule has 0 aliphatic rings. The second kappa shape index (κ2) is 10.8. The maximum absolute atomic E-state index is 12.9. The molecule has 1 aromatic carbocycles. The minimum atomic E-state index is -1.09. The molecule has 0 saturated carbocycles. The summed E-state index contributed by atoms with van der Waals surface area (Å²) >= 11 is 0. The Morgan fingerprint density at radius 3 is 2.62 bits per heavy atom. The van der Waals surface area contributed by atoms with Gasteiger partial charge in [-0.2, -0.15) is 29.0 Å². The molecule has 0 unspecified atom stereocenters. The summed E-state index contributed by atoms with van der Waals surface area (Å²) in [7, 11) is 0. The predicted octanol–water partition coefficient (Wildman–Crippen LogP) is 3.43. The number of amides is 1. The van der Waals surface area contributed by atoms with E-state index in [-0.39, 0.29) is 18.3 Å². The van der Waals surface area contributed by atoms with Crippen LogP contribution >= 0.6 is 0 Å². The third kappa shape index (κ3) is 7.73. The fourth-order valence-electron chi connectivity index (χ4n) is 2.09. The Bertz CT molecular complexity index is 706. The average Bonchev–Trinajstić information content (AvgIpc) is 2.60. The molecule has 2 aromatic rings. The van der Waals surface area contributed by atoms with E-state index in [1.807, 2.05) is 18.2 Å².